The van der Waals surface area contributed by atoms with Crippen LogP contribution < -0.4 is 16.0 Å². The molecule has 1 fully saturated rings. The summed E-state index contributed by atoms with van der Waals surface area (Å²) in [4.78, 5) is 54.7. The lowest BCUT2D eigenvalue weighted by Gasteiger charge is -2.29. The van der Waals surface area contributed by atoms with Crippen molar-refractivity contribution in [2.75, 3.05) is 33.8 Å². The van der Waals surface area contributed by atoms with Crippen LogP contribution >= 0.6 is 0 Å². The fourth-order valence-corrected chi connectivity index (χ4v) is 6.76. The molecule has 12 nitrogen and oxygen atoms in total. The maximum Gasteiger partial charge on any atom is 0.407 e. The fraction of sp³-hybridized carbons (Fsp3) is 0.395. The number of methoxy groups -OCH3 is 1. The van der Waals surface area contributed by atoms with Gasteiger partial charge in [-0.15, -0.1) is 0 Å². The molecule has 0 aliphatic carbocycles. The van der Waals surface area contributed by atoms with Crippen LogP contribution in [0.4, 0.5) is 4.79 Å². The first kappa shape index (κ1) is 34.6. The second-order valence-corrected chi connectivity index (χ2v) is 13.2. The first-order chi connectivity index (χ1) is 24.2. The van der Waals surface area contributed by atoms with Crippen LogP contribution in [0.3, 0.4) is 0 Å². The van der Waals surface area contributed by atoms with Gasteiger partial charge in [-0.05, 0) is 84.8 Å². The van der Waals surface area contributed by atoms with E-state index in [1.807, 2.05) is 18.1 Å². The predicted molar refractivity (Wildman–Crippen MR) is 194 cm³/mol. The minimum atomic E-state index is -0.629. The number of hydrogen-bond acceptors (Lipinski definition) is 7. The van der Waals surface area contributed by atoms with Crippen LogP contribution in [0.25, 0.3) is 44.2 Å². The topological polar surface area (TPSA) is 157 Å². The molecule has 1 saturated heterocycles. The minimum Gasteiger partial charge on any atom is -0.453 e. The molecular formula is C38H46N8O4. The molecule has 50 heavy (non-hydrogen) atoms. The number of likely N-dealkylation sites (N-methyl/N-ethyl adjacent to an activating group) is 1. The number of benzene rings is 3. The molecule has 6 rings (SSSR count). The zero-order valence-electron chi connectivity index (χ0n) is 29.1. The van der Waals surface area contributed by atoms with Crippen molar-refractivity contribution in [3.8, 4) is 22.4 Å². The van der Waals surface area contributed by atoms with Crippen LogP contribution in [0, 0.1) is 5.92 Å². The van der Waals surface area contributed by atoms with Crippen LogP contribution in [0.15, 0.2) is 60.8 Å². The van der Waals surface area contributed by atoms with Crippen molar-refractivity contribution in [1.82, 2.24) is 40.8 Å². The summed E-state index contributed by atoms with van der Waals surface area (Å²) in [5.41, 5.74) is 6.11. The van der Waals surface area contributed by atoms with Gasteiger partial charge in [0, 0.05) is 25.1 Å². The molecule has 2 atom stereocenters. The third-order valence-electron chi connectivity index (χ3n) is 9.45. The number of carbonyl (C=O) groups excluding carboxylic acids is 3. The number of nitrogens with one attached hydrogen (secondary N) is 5. The Kier molecular flexibility index (Phi) is 10.8. The van der Waals surface area contributed by atoms with Gasteiger partial charge in [-0.25, -0.2) is 14.8 Å². The third-order valence-corrected chi connectivity index (χ3v) is 9.45. The largest absolute Gasteiger partial charge is 0.453 e. The number of H-pyrrole nitrogens is 2. The normalized spacial score (nSPS) is 15.1. The number of hydrogen-bond donors (Lipinski definition) is 5. The molecule has 3 amide bonds. The monoisotopic (exact) mass is 678 g/mol. The highest BCUT2D eigenvalue weighted by atomic mass is 16.5. The third kappa shape index (κ3) is 7.81. The summed E-state index contributed by atoms with van der Waals surface area (Å²) >= 11 is 0. The molecule has 3 aromatic carbocycles. The average Bonchev–Trinajstić information content (AvgIpc) is 3.90. The summed E-state index contributed by atoms with van der Waals surface area (Å²) in [6.07, 6.45) is 5.53. The SMILES string of the molecule is CNC(C(=O)N1CCCC1c1nc2ccc(-c3ccc4cc(-c5cnc(CCCCNC(=O)CNC(=O)OC)[nH]5)ccc4c3)cc2[nH]1)C(C)C. The molecular weight excluding hydrogens is 632 g/mol. The van der Waals surface area contributed by atoms with Gasteiger partial charge in [0.2, 0.25) is 11.8 Å². The molecule has 0 spiro atoms. The van der Waals surface area contributed by atoms with Crippen molar-refractivity contribution in [3.63, 3.8) is 0 Å². The van der Waals surface area contributed by atoms with Gasteiger partial charge in [0.1, 0.15) is 11.6 Å². The van der Waals surface area contributed by atoms with E-state index >= 15 is 0 Å². The van der Waals surface area contributed by atoms with Gasteiger partial charge in [0.25, 0.3) is 0 Å². The highest BCUT2D eigenvalue weighted by Crippen LogP contribution is 2.34. The van der Waals surface area contributed by atoms with Gasteiger partial charge in [-0.1, -0.05) is 44.2 Å². The van der Waals surface area contributed by atoms with Gasteiger partial charge in [-0.2, -0.15) is 0 Å². The summed E-state index contributed by atoms with van der Waals surface area (Å²) in [7, 11) is 3.11. The van der Waals surface area contributed by atoms with Crippen LogP contribution in [-0.2, 0) is 20.7 Å². The number of ether oxygens (including phenoxy) is 1. The van der Waals surface area contributed by atoms with E-state index in [1.54, 1.807) is 0 Å². The number of carbonyl (C=O) groups is 3. The molecule has 5 N–H and O–H groups in total. The van der Waals surface area contributed by atoms with E-state index in [0.29, 0.717) is 6.54 Å². The molecule has 3 heterocycles. The Bertz CT molecular complexity index is 1980. The summed E-state index contributed by atoms with van der Waals surface area (Å²) in [5.74, 6) is 1.85. The van der Waals surface area contributed by atoms with Crippen LogP contribution in [-0.4, -0.2) is 82.6 Å². The number of amides is 3. The lowest BCUT2D eigenvalue weighted by Crippen LogP contribution is -2.47. The van der Waals surface area contributed by atoms with E-state index in [0.717, 1.165) is 94.5 Å². The van der Waals surface area contributed by atoms with E-state index in [9.17, 15) is 14.4 Å². The summed E-state index contributed by atoms with van der Waals surface area (Å²) in [6.45, 7) is 5.31. The fourth-order valence-electron chi connectivity index (χ4n) is 6.76. The number of imidazole rings is 2. The summed E-state index contributed by atoms with van der Waals surface area (Å²) in [6, 6.07) is 19.0. The van der Waals surface area contributed by atoms with Gasteiger partial charge < -0.3 is 35.6 Å². The Hall–Kier alpha value is -5.23. The zero-order chi connectivity index (χ0) is 35.2. The van der Waals surface area contributed by atoms with Crippen LogP contribution in [0.1, 0.15) is 57.2 Å². The van der Waals surface area contributed by atoms with E-state index in [4.69, 9.17) is 4.98 Å². The van der Waals surface area contributed by atoms with Crippen LogP contribution in [0.2, 0.25) is 0 Å². The lowest BCUT2D eigenvalue weighted by molar-refractivity contribution is -0.135. The number of aromatic amines is 2. The summed E-state index contributed by atoms with van der Waals surface area (Å²) < 4.78 is 4.46. The number of aromatic nitrogens is 4. The molecule has 262 valence electrons. The van der Waals surface area contributed by atoms with Crippen molar-refractivity contribution >= 4 is 39.7 Å². The van der Waals surface area contributed by atoms with Gasteiger partial charge in [0.05, 0.1) is 48.7 Å². The molecule has 12 heteroatoms. The Balaban J connectivity index is 1.08. The number of unbranched alkanes of at least 4 members (excludes halogenated alkanes) is 1. The maximum atomic E-state index is 13.4. The predicted octanol–water partition coefficient (Wildman–Crippen LogP) is 5.48. The standard InChI is InChI=1S/C38H46N8O4/c1-23(2)35(39-3)37(48)46-17-7-8-32(46)36-44-29-15-14-27(20-30(29)45-36)25-10-11-26-19-28(13-12-24(26)18-25)31-21-41-33(43-31)9-5-6-16-40-34(47)22-42-38(49)50-4/h10-15,18-21,23,32,35,39H,5-9,16-17,22H2,1-4H3,(H,40,47)(H,41,43)(H,42,49)(H,44,45). The van der Waals surface area contributed by atoms with E-state index < -0.39 is 6.09 Å². The summed E-state index contributed by atoms with van der Waals surface area (Å²) in [5, 5.41) is 10.6. The van der Waals surface area contributed by atoms with E-state index in [1.165, 1.54) is 7.11 Å². The van der Waals surface area contributed by atoms with Crippen molar-refractivity contribution < 1.29 is 19.1 Å². The van der Waals surface area contributed by atoms with Gasteiger partial charge in [-0.3, -0.25) is 9.59 Å². The van der Waals surface area contributed by atoms with Crippen molar-refractivity contribution in [2.45, 2.75) is 58.0 Å². The molecule has 0 bridgehead atoms. The van der Waals surface area contributed by atoms with Crippen LogP contribution in [0.5, 0.6) is 0 Å². The Morgan fingerprint density at radius 2 is 1.70 bits per heavy atom. The molecule has 2 unspecified atom stereocenters. The molecule has 1 aliphatic rings. The van der Waals surface area contributed by atoms with E-state index in [-0.39, 0.29) is 36.4 Å². The van der Waals surface area contributed by atoms with Gasteiger partial charge >= 0.3 is 6.09 Å². The highest BCUT2D eigenvalue weighted by Gasteiger charge is 2.36. The average molecular weight is 679 g/mol. The lowest BCUT2D eigenvalue weighted by atomic mass is 9.99. The molecule has 5 aromatic rings. The van der Waals surface area contributed by atoms with E-state index in [2.05, 4.69) is 104 Å². The van der Waals surface area contributed by atoms with Crippen molar-refractivity contribution in [3.05, 3.63) is 72.4 Å². The zero-order valence-corrected chi connectivity index (χ0v) is 29.1. The second kappa shape index (κ2) is 15.5. The molecule has 0 radical (unpaired) electrons. The number of likely N-dealkylation sites (tertiary alicyclic amines) is 1. The quantitative estimate of drug-likeness (QED) is 0.103. The Morgan fingerprint density at radius 3 is 2.46 bits per heavy atom. The Morgan fingerprint density at radius 1 is 0.960 bits per heavy atom. The highest BCUT2D eigenvalue weighted by molar-refractivity contribution is 5.92. The molecule has 2 aromatic heterocycles. The second-order valence-electron chi connectivity index (χ2n) is 13.2. The first-order valence-electron chi connectivity index (χ1n) is 17.4. The van der Waals surface area contributed by atoms with Crippen molar-refractivity contribution in [1.29, 1.82) is 0 Å². The molecule has 1 aliphatic heterocycles. The minimum absolute atomic E-state index is 0.0442. The number of aryl methyl sites for hydroxylation is 1. The smallest absolute Gasteiger partial charge is 0.407 e. The number of nitrogens with zero attached hydrogens (tertiary/aromatic N) is 3. The first-order valence-corrected chi connectivity index (χ1v) is 17.4. The Labute approximate surface area is 291 Å². The number of rotatable bonds is 13. The number of fused-ring (bicyclic) bond motifs is 2. The van der Waals surface area contributed by atoms with Gasteiger partial charge in [0.15, 0.2) is 0 Å². The van der Waals surface area contributed by atoms with Crippen molar-refractivity contribution in [2.24, 2.45) is 5.92 Å². The molecule has 0 saturated carbocycles. The number of alkyl carbamates (subject to hydrolysis) is 1. The maximum absolute atomic E-state index is 13.4.